The molecule has 0 aromatic heterocycles. The van der Waals surface area contributed by atoms with E-state index < -0.39 is 5.60 Å². The van der Waals surface area contributed by atoms with Crippen molar-refractivity contribution in [2.45, 2.75) is 44.2 Å². The van der Waals surface area contributed by atoms with E-state index in [1.54, 1.807) is 0 Å². The standard InChI is InChI=1S/C11H21NOS/c1-10(4-3-5-11(10,2)13)12-6-8-14-9-7-12/h13H,3-9H2,1-2H3. The fraction of sp³-hybridized carbons (Fsp3) is 1.00. The maximum atomic E-state index is 10.4. The molecule has 3 heteroatoms. The summed E-state index contributed by atoms with van der Waals surface area (Å²) in [5, 5.41) is 10.4. The molecule has 0 spiro atoms. The van der Waals surface area contributed by atoms with E-state index >= 15 is 0 Å². The first-order valence-electron chi connectivity index (χ1n) is 5.61. The molecule has 0 aromatic rings. The summed E-state index contributed by atoms with van der Waals surface area (Å²) in [5.74, 6) is 2.46. The molecule has 1 heterocycles. The Kier molecular flexibility index (Phi) is 2.84. The normalized spacial score (nSPS) is 45.6. The second-order valence-corrected chi connectivity index (χ2v) is 6.23. The maximum absolute atomic E-state index is 10.4. The quantitative estimate of drug-likeness (QED) is 0.720. The monoisotopic (exact) mass is 215 g/mol. The van der Waals surface area contributed by atoms with Gasteiger partial charge in [0.25, 0.3) is 0 Å². The second-order valence-electron chi connectivity index (χ2n) is 5.00. The average molecular weight is 215 g/mol. The van der Waals surface area contributed by atoms with Gasteiger partial charge in [0.1, 0.15) is 0 Å². The molecule has 2 unspecified atom stereocenters. The van der Waals surface area contributed by atoms with Crippen LogP contribution in [0.15, 0.2) is 0 Å². The zero-order valence-corrected chi connectivity index (χ0v) is 10.1. The molecular formula is C11H21NOS. The lowest BCUT2D eigenvalue weighted by atomic mass is 9.84. The van der Waals surface area contributed by atoms with Crippen LogP contribution >= 0.6 is 11.8 Å². The van der Waals surface area contributed by atoms with Crippen molar-refractivity contribution in [2.75, 3.05) is 24.6 Å². The van der Waals surface area contributed by atoms with Gasteiger partial charge < -0.3 is 5.11 Å². The summed E-state index contributed by atoms with van der Waals surface area (Å²) >= 11 is 2.03. The third kappa shape index (κ3) is 1.59. The zero-order valence-electron chi connectivity index (χ0n) is 9.25. The van der Waals surface area contributed by atoms with Gasteiger partial charge in [-0.2, -0.15) is 11.8 Å². The first kappa shape index (κ1) is 10.8. The highest BCUT2D eigenvalue weighted by Gasteiger charge is 2.50. The van der Waals surface area contributed by atoms with Gasteiger partial charge >= 0.3 is 0 Å². The molecule has 1 saturated heterocycles. The molecule has 2 fully saturated rings. The van der Waals surface area contributed by atoms with Crippen LogP contribution in [0.2, 0.25) is 0 Å². The maximum Gasteiger partial charge on any atom is 0.0799 e. The van der Waals surface area contributed by atoms with E-state index in [1.807, 2.05) is 18.7 Å². The van der Waals surface area contributed by atoms with E-state index in [4.69, 9.17) is 0 Å². The van der Waals surface area contributed by atoms with Gasteiger partial charge in [0.15, 0.2) is 0 Å². The molecule has 0 aromatic carbocycles. The summed E-state index contributed by atoms with van der Waals surface area (Å²) in [6.45, 7) is 6.56. The molecular weight excluding hydrogens is 194 g/mol. The van der Waals surface area contributed by atoms with Crippen molar-refractivity contribution in [2.24, 2.45) is 0 Å². The van der Waals surface area contributed by atoms with E-state index in [0.717, 1.165) is 25.9 Å². The minimum Gasteiger partial charge on any atom is -0.388 e. The van der Waals surface area contributed by atoms with Crippen molar-refractivity contribution >= 4 is 11.8 Å². The van der Waals surface area contributed by atoms with Crippen LogP contribution < -0.4 is 0 Å². The van der Waals surface area contributed by atoms with Crippen molar-refractivity contribution in [1.29, 1.82) is 0 Å². The molecule has 82 valence electrons. The SMILES string of the molecule is CC1(O)CCCC1(C)N1CCSCC1. The zero-order chi connectivity index (χ0) is 10.2. The van der Waals surface area contributed by atoms with Crippen LogP contribution in [0.5, 0.6) is 0 Å². The lowest BCUT2D eigenvalue weighted by Gasteiger charge is -2.47. The summed E-state index contributed by atoms with van der Waals surface area (Å²) in [6, 6.07) is 0. The van der Waals surface area contributed by atoms with Gasteiger partial charge in [-0.1, -0.05) is 0 Å². The Balaban J connectivity index is 2.13. The Morgan fingerprint density at radius 2 is 1.79 bits per heavy atom. The minimum atomic E-state index is -0.477. The Morgan fingerprint density at radius 1 is 1.14 bits per heavy atom. The summed E-state index contributed by atoms with van der Waals surface area (Å²) in [6.07, 6.45) is 3.30. The smallest absolute Gasteiger partial charge is 0.0799 e. The average Bonchev–Trinajstić information content (AvgIpc) is 2.44. The Morgan fingerprint density at radius 3 is 2.29 bits per heavy atom. The fourth-order valence-corrected chi connectivity index (χ4v) is 3.77. The lowest BCUT2D eigenvalue weighted by Crippen LogP contribution is -2.59. The number of thioether (sulfide) groups is 1. The Labute approximate surface area is 91.1 Å². The predicted molar refractivity (Wildman–Crippen MR) is 61.8 cm³/mol. The van der Waals surface area contributed by atoms with Crippen LogP contribution in [0.3, 0.4) is 0 Å². The molecule has 1 saturated carbocycles. The summed E-state index contributed by atoms with van der Waals surface area (Å²) in [7, 11) is 0. The Hall–Kier alpha value is 0.270. The number of nitrogens with zero attached hydrogens (tertiary/aromatic N) is 1. The summed E-state index contributed by atoms with van der Waals surface area (Å²) in [5.41, 5.74) is -0.441. The predicted octanol–water partition coefficient (Wildman–Crippen LogP) is 1.73. The topological polar surface area (TPSA) is 23.5 Å². The highest BCUT2D eigenvalue weighted by Crippen LogP contribution is 2.43. The number of hydrogen-bond acceptors (Lipinski definition) is 3. The van der Waals surface area contributed by atoms with Crippen LogP contribution in [-0.2, 0) is 0 Å². The van der Waals surface area contributed by atoms with Gasteiger partial charge in [0, 0.05) is 30.1 Å². The Bertz CT molecular complexity index is 213. The van der Waals surface area contributed by atoms with Crippen LogP contribution in [-0.4, -0.2) is 45.7 Å². The van der Waals surface area contributed by atoms with Crippen molar-refractivity contribution < 1.29 is 5.11 Å². The van der Waals surface area contributed by atoms with Crippen LogP contribution in [0, 0.1) is 0 Å². The molecule has 2 aliphatic rings. The van der Waals surface area contributed by atoms with Crippen molar-refractivity contribution in [3.05, 3.63) is 0 Å². The molecule has 0 amide bonds. The van der Waals surface area contributed by atoms with Gasteiger partial charge in [-0.25, -0.2) is 0 Å². The third-order valence-electron chi connectivity index (χ3n) is 4.20. The minimum absolute atomic E-state index is 0.0357. The fourth-order valence-electron chi connectivity index (χ4n) is 2.87. The van der Waals surface area contributed by atoms with E-state index in [1.165, 1.54) is 17.9 Å². The number of rotatable bonds is 1. The first-order valence-corrected chi connectivity index (χ1v) is 6.77. The second kappa shape index (κ2) is 3.69. The first-order chi connectivity index (χ1) is 6.56. The van der Waals surface area contributed by atoms with Gasteiger partial charge in [-0.05, 0) is 33.1 Å². The van der Waals surface area contributed by atoms with Crippen LogP contribution in [0.25, 0.3) is 0 Å². The van der Waals surface area contributed by atoms with E-state index in [-0.39, 0.29) is 5.54 Å². The van der Waals surface area contributed by atoms with Gasteiger partial charge in [-0.15, -0.1) is 0 Å². The molecule has 2 rings (SSSR count). The number of hydrogen-bond donors (Lipinski definition) is 1. The van der Waals surface area contributed by atoms with E-state index in [0.29, 0.717) is 0 Å². The van der Waals surface area contributed by atoms with Gasteiger partial charge in [-0.3, -0.25) is 4.90 Å². The molecule has 2 atom stereocenters. The molecule has 2 nitrogen and oxygen atoms in total. The van der Waals surface area contributed by atoms with Gasteiger partial charge in [0.05, 0.1) is 5.60 Å². The van der Waals surface area contributed by atoms with Gasteiger partial charge in [0.2, 0.25) is 0 Å². The van der Waals surface area contributed by atoms with Crippen LogP contribution in [0.1, 0.15) is 33.1 Å². The third-order valence-corrected chi connectivity index (χ3v) is 5.14. The lowest BCUT2D eigenvalue weighted by molar-refractivity contribution is -0.0692. The molecule has 1 aliphatic carbocycles. The molecule has 14 heavy (non-hydrogen) atoms. The molecule has 1 aliphatic heterocycles. The largest absolute Gasteiger partial charge is 0.388 e. The highest BCUT2D eigenvalue weighted by atomic mass is 32.2. The van der Waals surface area contributed by atoms with Crippen LogP contribution in [0.4, 0.5) is 0 Å². The van der Waals surface area contributed by atoms with Crippen molar-refractivity contribution in [3.63, 3.8) is 0 Å². The molecule has 0 radical (unpaired) electrons. The van der Waals surface area contributed by atoms with E-state index in [9.17, 15) is 5.11 Å². The highest BCUT2D eigenvalue weighted by molar-refractivity contribution is 7.99. The summed E-state index contributed by atoms with van der Waals surface area (Å²) in [4.78, 5) is 2.51. The summed E-state index contributed by atoms with van der Waals surface area (Å²) < 4.78 is 0. The van der Waals surface area contributed by atoms with E-state index in [2.05, 4.69) is 11.8 Å². The van der Waals surface area contributed by atoms with Crippen molar-refractivity contribution in [3.8, 4) is 0 Å². The number of aliphatic hydroxyl groups is 1. The molecule has 1 N–H and O–H groups in total. The molecule has 0 bridgehead atoms. The van der Waals surface area contributed by atoms with Crippen molar-refractivity contribution in [1.82, 2.24) is 4.90 Å².